The van der Waals surface area contributed by atoms with Crippen molar-refractivity contribution in [1.82, 2.24) is 17.5 Å². The SMILES string of the molecule is C.CCC#CC(=O)OCC.COC(=O)c1snc(-c2ccccc2)c1C(=O)OC.NC(=O)c1ccccc1.O=C(Cl)SCl.O=C(O)c1csnc1-c1ccccc1.O=C(O)c1snc(-c2ccccc2)c1C(=O)O.O=C=O.O=c1oc(-c2ccccc2)ns1.[Na+].[OH-]. The van der Waals surface area contributed by atoms with Crippen molar-refractivity contribution in [2.75, 3.05) is 20.8 Å². The predicted molar refractivity (Wildman–Crippen MR) is 340 cm³/mol. The quantitative estimate of drug-likeness (QED) is 0.0233. The number of carbonyl (C=O) groups is 8. The van der Waals surface area contributed by atoms with Crippen molar-refractivity contribution >= 4 is 132 Å². The molecular weight excluding hydrogens is 1340 g/mol. The molecule has 0 aliphatic rings. The van der Waals surface area contributed by atoms with Crippen molar-refractivity contribution in [2.24, 2.45) is 5.73 Å². The molecule has 24 nitrogen and oxygen atoms in total. The molecule has 32 heteroatoms. The monoisotopic (exact) mass is 1390 g/mol. The third-order valence-electron chi connectivity index (χ3n) is 9.66. The minimum Gasteiger partial charge on any atom is -0.870 e. The summed E-state index contributed by atoms with van der Waals surface area (Å²) < 4.78 is 34.1. The van der Waals surface area contributed by atoms with Crippen LogP contribution in [0.4, 0.5) is 4.79 Å². The summed E-state index contributed by atoms with van der Waals surface area (Å²) >= 11 is 8.24. The van der Waals surface area contributed by atoms with Crippen LogP contribution in [0.3, 0.4) is 0 Å². The van der Waals surface area contributed by atoms with Crippen LogP contribution < -0.4 is 40.2 Å². The fourth-order valence-corrected chi connectivity index (χ4v) is 8.68. The van der Waals surface area contributed by atoms with E-state index in [2.05, 4.69) is 50.4 Å². The van der Waals surface area contributed by atoms with Crippen molar-refractivity contribution in [2.45, 2.75) is 27.7 Å². The Labute approximate surface area is 571 Å². The molecule has 6 N–H and O–H groups in total. The first-order valence-electron chi connectivity index (χ1n) is 24.2. The maximum absolute atomic E-state index is 11.8. The number of hydrogen-bond donors (Lipinski definition) is 4. The molecule has 0 saturated carbocycles. The van der Waals surface area contributed by atoms with Gasteiger partial charge in [-0.05, 0) is 88.1 Å². The van der Waals surface area contributed by atoms with E-state index in [-0.39, 0.29) is 91.6 Å². The van der Waals surface area contributed by atoms with E-state index >= 15 is 0 Å². The minimum absolute atomic E-state index is 0. The molecule has 0 aliphatic carbocycles. The number of primary amides is 1. The van der Waals surface area contributed by atoms with Gasteiger partial charge in [0.05, 0.1) is 55.0 Å². The maximum Gasteiger partial charge on any atom is 1.00 e. The summed E-state index contributed by atoms with van der Waals surface area (Å²) in [5.41, 5.74) is 9.85. The maximum atomic E-state index is 11.8. The summed E-state index contributed by atoms with van der Waals surface area (Å²) in [6.07, 6.45) is 0.943. The van der Waals surface area contributed by atoms with Crippen LogP contribution in [0.25, 0.3) is 45.2 Å². The zero-order valence-electron chi connectivity index (χ0n) is 47.5. The fourth-order valence-electron chi connectivity index (χ4n) is 6.04. The fraction of sp³-hybridized carbons (Fsp3) is 0.119. The summed E-state index contributed by atoms with van der Waals surface area (Å²) in [6.45, 7) is 4.04. The zero-order valence-corrected chi connectivity index (χ0v) is 55.1. The first-order valence-corrected chi connectivity index (χ1v) is 29.4. The Bertz CT molecular complexity index is 3840. The molecule has 4 heterocycles. The number of carboxylic acids is 3. The molecule has 0 radical (unpaired) electrons. The van der Waals surface area contributed by atoms with E-state index in [9.17, 15) is 43.2 Å². The van der Waals surface area contributed by atoms with Crippen LogP contribution in [0, 0.1) is 11.8 Å². The first kappa shape index (κ1) is 84.2. The number of aromatic nitrogens is 4. The number of esters is 3. The molecule has 91 heavy (non-hydrogen) atoms. The van der Waals surface area contributed by atoms with Crippen molar-refractivity contribution in [3.63, 3.8) is 0 Å². The van der Waals surface area contributed by atoms with Gasteiger partial charge < -0.3 is 45.2 Å². The number of hydrogen-bond acceptors (Lipinski definition) is 25. The number of nitrogens with zero attached hydrogens (tertiary/aromatic N) is 4. The molecule has 0 saturated heterocycles. The van der Waals surface area contributed by atoms with Crippen LogP contribution >= 0.6 is 79.4 Å². The number of amides is 1. The molecule has 0 atom stereocenters. The number of carboxylic acid groups (broad SMARTS) is 3. The summed E-state index contributed by atoms with van der Waals surface area (Å²) in [7, 11) is 7.77. The molecule has 9 rings (SSSR count). The summed E-state index contributed by atoms with van der Waals surface area (Å²) in [6, 6.07) is 45.2. The largest absolute Gasteiger partial charge is 1.00 e. The van der Waals surface area contributed by atoms with Gasteiger partial charge in [0.1, 0.15) is 20.9 Å². The Morgan fingerprint density at radius 2 is 1.02 bits per heavy atom. The Kier molecular flexibility index (Phi) is 44.5. The second kappa shape index (κ2) is 48.1. The van der Waals surface area contributed by atoms with Gasteiger partial charge in [0.25, 0.3) is 4.57 Å². The third kappa shape index (κ3) is 30.5. The van der Waals surface area contributed by atoms with Gasteiger partial charge >= 0.3 is 76.5 Å². The average Bonchev–Trinajstić information content (AvgIpc) is 1.73. The van der Waals surface area contributed by atoms with Gasteiger partial charge in [0.15, 0.2) is 0 Å². The predicted octanol–water partition coefficient (Wildman–Crippen LogP) is 9.72. The molecule has 0 fully saturated rings. The second-order valence-corrected chi connectivity index (χ2v) is 19.7. The smallest absolute Gasteiger partial charge is 0.870 e. The standard InChI is InChI=1S/C13H11NO4S.C11H7NO4S.C10H7NO2S.C8H5NO2S.C7H7NO.C7H10O2.CCl2OS.CO2.CH4.Na.H2O/c1-17-12(15)9-10(8-6-4-3-5-7-8)14-19-11(9)13(16)18-2;13-10(14)7-8(6-4-2-1-3-5-6)12-17-9(7)11(15)16;12-10(13)8-6-14-11-9(8)7-4-2-1-3-5-7;10-8-11-7(9-12-8)6-4-2-1-3-5-6;8-7(9)6-4-2-1-3-5-6;1-3-5-6-7(8)9-4-2;2-1(4)5-3;2-1-3;;;/h3-7H,1-2H3;1-5H,(H,13,14)(H,15,16);1-6H,(H,12,13);1-5H;1-5H,(H2,8,9);3-4H2,1-2H3;;;1H4;;1H2/q;;;;;;;;;+1;/p-1. The molecule has 0 spiro atoms. The van der Waals surface area contributed by atoms with E-state index in [1.165, 1.54) is 14.2 Å². The van der Waals surface area contributed by atoms with Crippen molar-refractivity contribution in [3.05, 3.63) is 199 Å². The van der Waals surface area contributed by atoms with Gasteiger partial charge in [-0.3, -0.25) is 9.59 Å². The molecule has 472 valence electrons. The van der Waals surface area contributed by atoms with E-state index in [0.29, 0.717) is 63.9 Å². The molecule has 0 bridgehead atoms. The number of halogens is 2. The van der Waals surface area contributed by atoms with Gasteiger partial charge in [0, 0.05) is 56.5 Å². The first-order chi connectivity index (χ1) is 42.2. The van der Waals surface area contributed by atoms with E-state index in [4.69, 9.17) is 50.5 Å². The molecule has 1 amide bonds. The molecule has 9 aromatic rings. The Morgan fingerprint density at radius 1 is 0.604 bits per heavy atom. The van der Waals surface area contributed by atoms with Gasteiger partial charge in [0.2, 0.25) is 11.8 Å². The molecule has 0 unspecified atom stereocenters. The van der Waals surface area contributed by atoms with E-state index in [1.54, 1.807) is 66.9 Å². The Balaban J connectivity index is 0. The molecular formula is C59H52Cl2N5NaO19S5. The number of aromatic carboxylic acids is 3. The van der Waals surface area contributed by atoms with Crippen LogP contribution in [0.1, 0.15) is 88.5 Å². The Morgan fingerprint density at radius 3 is 1.37 bits per heavy atom. The minimum atomic E-state index is -1.28. The summed E-state index contributed by atoms with van der Waals surface area (Å²) in [5, 5.41) is 28.4. The van der Waals surface area contributed by atoms with Gasteiger partial charge in [-0.15, -0.1) is 4.37 Å². The van der Waals surface area contributed by atoms with Crippen molar-refractivity contribution < 1.29 is 117 Å². The van der Waals surface area contributed by atoms with Crippen LogP contribution in [0.15, 0.2) is 166 Å². The third-order valence-corrected chi connectivity index (χ3v) is 13.5. The van der Waals surface area contributed by atoms with Crippen LogP contribution in [-0.4, -0.2) is 112 Å². The van der Waals surface area contributed by atoms with Gasteiger partial charge in [-0.1, -0.05) is 148 Å². The van der Waals surface area contributed by atoms with E-state index in [1.807, 2.05) is 104 Å². The topological polar surface area (TPSA) is 397 Å². The summed E-state index contributed by atoms with van der Waals surface area (Å²) in [5.74, 6) is -0.178. The number of benzene rings is 5. The van der Waals surface area contributed by atoms with Gasteiger partial charge in [-0.25, -0.2) is 33.6 Å². The van der Waals surface area contributed by atoms with Crippen molar-refractivity contribution in [3.8, 4) is 57.1 Å². The number of methoxy groups -OCH3 is 2. The van der Waals surface area contributed by atoms with Crippen LogP contribution in [0.2, 0.25) is 0 Å². The molecule has 4 aromatic heterocycles. The Hall–Kier alpha value is -8.86. The molecule has 5 aromatic carbocycles. The number of nitrogens with two attached hydrogens (primary N) is 1. The van der Waals surface area contributed by atoms with Crippen LogP contribution in [0.5, 0.6) is 0 Å². The number of rotatable bonds is 11. The zero-order chi connectivity index (χ0) is 65.4. The number of carbonyl (C=O) groups excluding carboxylic acids is 7. The van der Waals surface area contributed by atoms with Crippen LogP contribution in [-0.2, 0) is 28.6 Å². The normalized spacial score (nSPS) is 8.95. The van der Waals surface area contributed by atoms with E-state index < -0.39 is 40.4 Å². The molecule has 0 aliphatic heterocycles. The number of ether oxygens (including phenoxy) is 3. The van der Waals surface area contributed by atoms with Crippen molar-refractivity contribution in [1.29, 1.82) is 0 Å². The second-order valence-electron chi connectivity index (χ2n) is 15.3. The summed E-state index contributed by atoms with van der Waals surface area (Å²) in [4.78, 5) is 113. The van der Waals surface area contributed by atoms with Gasteiger partial charge in [-0.2, -0.15) is 22.7 Å². The average molecular weight is 1390 g/mol. The van der Waals surface area contributed by atoms with E-state index in [0.717, 1.165) is 51.3 Å².